The first-order valence-electron chi connectivity index (χ1n) is 5.96. The molecule has 2 rings (SSSR count). The molecule has 0 amide bonds. The number of aromatic nitrogens is 1. The highest BCUT2D eigenvalue weighted by Crippen LogP contribution is 2.31. The van der Waals surface area contributed by atoms with E-state index in [1.54, 1.807) is 11.3 Å². The third-order valence-electron chi connectivity index (χ3n) is 3.31. The molecule has 0 atom stereocenters. The first-order chi connectivity index (χ1) is 7.70. The van der Waals surface area contributed by atoms with Gasteiger partial charge in [0.25, 0.3) is 0 Å². The number of nitrogens with zero attached hydrogens (tertiary/aromatic N) is 2. The van der Waals surface area contributed by atoms with E-state index in [1.807, 2.05) is 0 Å². The van der Waals surface area contributed by atoms with Gasteiger partial charge < -0.3 is 10.0 Å². The quantitative estimate of drug-likeness (QED) is 0.875. The van der Waals surface area contributed by atoms with Crippen molar-refractivity contribution in [3.05, 3.63) is 15.6 Å². The Bertz CT molecular complexity index is 343. The van der Waals surface area contributed by atoms with Gasteiger partial charge in [0.2, 0.25) is 0 Å². The Balaban J connectivity index is 2.08. The lowest BCUT2D eigenvalue weighted by atomic mass is 9.93. The maximum Gasteiger partial charge on any atom is 0.0953 e. The summed E-state index contributed by atoms with van der Waals surface area (Å²) in [6.07, 6.45) is 3.15. The molecule has 1 aliphatic rings. The van der Waals surface area contributed by atoms with E-state index in [4.69, 9.17) is 5.11 Å². The molecule has 0 radical (unpaired) electrons. The Labute approximate surface area is 101 Å². The average Bonchev–Trinajstić information content (AvgIpc) is 2.61. The molecule has 1 saturated heterocycles. The summed E-state index contributed by atoms with van der Waals surface area (Å²) in [7, 11) is 2.18. The van der Waals surface area contributed by atoms with Gasteiger partial charge in [0, 0.05) is 23.8 Å². The van der Waals surface area contributed by atoms with Gasteiger partial charge in [-0.1, -0.05) is 0 Å². The summed E-state index contributed by atoms with van der Waals surface area (Å²) in [4.78, 5) is 8.42. The van der Waals surface area contributed by atoms with Crippen LogP contribution in [0.15, 0.2) is 0 Å². The molecule has 90 valence electrons. The fraction of sp³-hybridized carbons (Fsp3) is 0.750. The van der Waals surface area contributed by atoms with E-state index in [-0.39, 0.29) is 6.61 Å². The van der Waals surface area contributed by atoms with Crippen LogP contribution in [0.5, 0.6) is 0 Å². The Hall–Kier alpha value is -0.450. The normalized spacial score (nSPS) is 19.2. The van der Waals surface area contributed by atoms with Gasteiger partial charge in [-0.05, 0) is 39.9 Å². The summed E-state index contributed by atoms with van der Waals surface area (Å²) in [5, 5.41) is 10.0. The molecule has 1 fully saturated rings. The van der Waals surface area contributed by atoms with Crippen LogP contribution in [-0.4, -0.2) is 41.7 Å². The van der Waals surface area contributed by atoms with Gasteiger partial charge >= 0.3 is 0 Å². The molecule has 1 aliphatic heterocycles. The number of thiazole rings is 1. The highest BCUT2D eigenvalue weighted by atomic mass is 32.1. The zero-order valence-corrected chi connectivity index (χ0v) is 10.9. The van der Waals surface area contributed by atoms with Gasteiger partial charge in [0.05, 0.1) is 10.7 Å². The number of aliphatic hydroxyl groups excluding tert-OH is 1. The SMILES string of the molecule is Cc1sc(CCO)nc1C1CCN(C)CC1. The maximum absolute atomic E-state index is 8.92. The molecular formula is C12H20N2OS. The second kappa shape index (κ2) is 5.25. The van der Waals surface area contributed by atoms with Crippen molar-refractivity contribution in [2.45, 2.75) is 32.1 Å². The molecule has 0 aliphatic carbocycles. The van der Waals surface area contributed by atoms with Crippen molar-refractivity contribution < 1.29 is 5.11 Å². The zero-order valence-electron chi connectivity index (χ0n) is 10.1. The molecule has 0 saturated carbocycles. The van der Waals surface area contributed by atoms with Gasteiger partial charge in [-0.2, -0.15) is 0 Å². The summed E-state index contributed by atoms with van der Waals surface area (Å²) in [6, 6.07) is 0. The number of hydrogen-bond acceptors (Lipinski definition) is 4. The lowest BCUT2D eigenvalue weighted by Gasteiger charge is -2.28. The predicted molar refractivity (Wildman–Crippen MR) is 67.1 cm³/mol. The van der Waals surface area contributed by atoms with Gasteiger partial charge in [-0.15, -0.1) is 11.3 Å². The number of rotatable bonds is 3. The summed E-state index contributed by atoms with van der Waals surface area (Å²) in [6.45, 7) is 4.72. The van der Waals surface area contributed by atoms with Gasteiger partial charge in [0.15, 0.2) is 0 Å². The number of piperidine rings is 1. The molecule has 2 heterocycles. The summed E-state index contributed by atoms with van der Waals surface area (Å²) in [5.74, 6) is 0.639. The number of likely N-dealkylation sites (tertiary alicyclic amines) is 1. The van der Waals surface area contributed by atoms with E-state index in [2.05, 4.69) is 23.9 Å². The Morgan fingerprint density at radius 3 is 2.75 bits per heavy atom. The lowest BCUT2D eigenvalue weighted by molar-refractivity contribution is 0.253. The molecule has 0 unspecified atom stereocenters. The molecule has 0 spiro atoms. The van der Waals surface area contributed by atoms with Gasteiger partial charge in [-0.3, -0.25) is 0 Å². The van der Waals surface area contributed by atoms with Crippen molar-refractivity contribution in [3.8, 4) is 0 Å². The molecule has 0 aromatic carbocycles. The van der Waals surface area contributed by atoms with Crippen LogP contribution < -0.4 is 0 Å². The summed E-state index contributed by atoms with van der Waals surface area (Å²) < 4.78 is 0. The highest BCUT2D eigenvalue weighted by Gasteiger charge is 2.22. The molecule has 1 aromatic heterocycles. The minimum absolute atomic E-state index is 0.208. The molecule has 1 N–H and O–H groups in total. The largest absolute Gasteiger partial charge is 0.396 e. The Kier molecular flexibility index (Phi) is 3.95. The topological polar surface area (TPSA) is 36.4 Å². The van der Waals surface area contributed by atoms with Gasteiger partial charge in [-0.25, -0.2) is 4.98 Å². The molecule has 3 nitrogen and oxygen atoms in total. The number of aliphatic hydroxyl groups is 1. The molecule has 16 heavy (non-hydrogen) atoms. The molecule has 1 aromatic rings. The fourth-order valence-corrected chi connectivity index (χ4v) is 3.34. The monoisotopic (exact) mass is 240 g/mol. The van der Waals surface area contributed by atoms with E-state index in [1.165, 1.54) is 36.5 Å². The van der Waals surface area contributed by atoms with Crippen molar-refractivity contribution in [3.63, 3.8) is 0 Å². The van der Waals surface area contributed by atoms with Crippen LogP contribution in [0.4, 0.5) is 0 Å². The van der Waals surface area contributed by atoms with E-state index in [0.717, 1.165) is 5.01 Å². The number of hydrogen-bond donors (Lipinski definition) is 1. The standard InChI is InChI=1S/C12H20N2OS/c1-9-12(13-11(16-9)5-8-15)10-3-6-14(2)7-4-10/h10,15H,3-8H2,1-2H3. The molecular weight excluding hydrogens is 220 g/mol. The van der Waals surface area contributed by atoms with Crippen molar-refractivity contribution in [2.24, 2.45) is 0 Å². The third-order valence-corrected chi connectivity index (χ3v) is 4.35. The van der Waals surface area contributed by atoms with E-state index in [9.17, 15) is 0 Å². The maximum atomic E-state index is 8.92. The summed E-state index contributed by atoms with van der Waals surface area (Å²) in [5.41, 5.74) is 1.29. The average molecular weight is 240 g/mol. The number of aryl methyl sites for hydroxylation is 1. The van der Waals surface area contributed by atoms with Crippen molar-refractivity contribution in [1.29, 1.82) is 0 Å². The molecule has 0 bridgehead atoms. The predicted octanol–water partition coefficient (Wildman–Crippen LogP) is 1.80. The smallest absolute Gasteiger partial charge is 0.0953 e. The van der Waals surface area contributed by atoms with Crippen LogP contribution in [-0.2, 0) is 6.42 Å². The third kappa shape index (κ3) is 2.62. The Morgan fingerprint density at radius 2 is 2.12 bits per heavy atom. The molecule has 4 heteroatoms. The van der Waals surface area contributed by atoms with Crippen LogP contribution in [0.2, 0.25) is 0 Å². The van der Waals surface area contributed by atoms with Crippen LogP contribution >= 0.6 is 11.3 Å². The second-order valence-corrected chi connectivity index (χ2v) is 5.89. The second-order valence-electron chi connectivity index (χ2n) is 4.60. The minimum Gasteiger partial charge on any atom is -0.396 e. The van der Waals surface area contributed by atoms with E-state index < -0.39 is 0 Å². The lowest BCUT2D eigenvalue weighted by Crippen LogP contribution is -2.29. The first kappa shape index (κ1) is 12.0. The zero-order chi connectivity index (χ0) is 11.5. The fourth-order valence-electron chi connectivity index (χ4n) is 2.33. The van der Waals surface area contributed by atoms with Crippen molar-refractivity contribution in [1.82, 2.24) is 9.88 Å². The van der Waals surface area contributed by atoms with Crippen LogP contribution in [0.25, 0.3) is 0 Å². The summed E-state index contributed by atoms with van der Waals surface area (Å²) >= 11 is 1.75. The van der Waals surface area contributed by atoms with Gasteiger partial charge in [0.1, 0.15) is 0 Å². The van der Waals surface area contributed by atoms with Crippen LogP contribution in [0.3, 0.4) is 0 Å². The van der Waals surface area contributed by atoms with Crippen molar-refractivity contribution in [2.75, 3.05) is 26.7 Å². The minimum atomic E-state index is 0.208. The highest BCUT2D eigenvalue weighted by molar-refractivity contribution is 7.11. The van der Waals surface area contributed by atoms with Crippen molar-refractivity contribution >= 4 is 11.3 Å². The van der Waals surface area contributed by atoms with Crippen LogP contribution in [0.1, 0.15) is 34.3 Å². The van der Waals surface area contributed by atoms with E-state index in [0.29, 0.717) is 12.3 Å². The van der Waals surface area contributed by atoms with Crippen LogP contribution in [0, 0.1) is 6.92 Å². The van der Waals surface area contributed by atoms with E-state index >= 15 is 0 Å². The first-order valence-corrected chi connectivity index (χ1v) is 6.78. The Morgan fingerprint density at radius 1 is 1.44 bits per heavy atom.